The largest absolute Gasteiger partial charge is 0.304 e. The maximum absolute atomic E-state index is 6.12. The molecule has 2 aromatic heterocycles. The summed E-state index contributed by atoms with van der Waals surface area (Å²) in [6, 6.07) is 17.3. The van der Waals surface area contributed by atoms with Gasteiger partial charge in [0, 0.05) is 34.3 Å². The van der Waals surface area contributed by atoms with Crippen molar-refractivity contribution in [3.05, 3.63) is 87.3 Å². The van der Waals surface area contributed by atoms with Gasteiger partial charge in [-0.1, -0.05) is 36.2 Å². The second-order valence-corrected chi connectivity index (χ2v) is 8.12. The van der Waals surface area contributed by atoms with Gasteiger partial charge in [-0.2, -0.15) is 0 Å². The molecule has 2 heterocycles. The van der Waals surface area contributed by atoms with Gasteiger partial charge < -0.3 is 5.32 Å². The van der Waals surface area contributed by atoms with Crippen LogP contribution < -0.4 is 5.32 Å². The summed E-state index contributed by atoms with van der Waals surface area (Å²) < 4.78 is 0. The first-order valence-corrected chi connectivity index (χ1v) is 9.95. The third-order valence-electron chi connectivity index (χ3n) is 5.30. The second kappa shape index (κ2) is 9.90. The number of aromatic nitrogens is 1. The van der Waals surface area contributed by atoms with E-state index in [2.05, 4.69) is 52.1 Å². The third-order valence-corrected chi connectivity index (χ3v) is 6.49. The first-order chi connectivity index (χ1) is 12.3. The summed E-state index contributed by atoms with van der Waals surface area (Å²) in [6.07, 6.45) is 7.41. The Balaban J connectivity index is 0.00000131. The Labute approximate surface area is 182 Å². The van der Waals surface area contributed by atoms with Crippen LogP contribution in [0.15, 0.2) is 66.3 Å². The molecule has 1 aliphatic rings. The van der Waals surface area contributed by atoms with Crippen LogP contribution in [-0.2, 0) is 12.0 Å². The Morgan fingerprint density at radius 2 is 1.74 bits per heavy atom. The number of rotatable bonds is 6. The van der Waals surface area contributed by atoms with E-state index in [1.807, 2.05) is 35.9 Å². The molecular formula is C21H23Cl3N2S. The average molecular weight is 442 g/mol. The summed E-state index contributed by atoms with van der Waals surface area (Å²) in [5, 5.41) is 6.82. The zero-order valence-electron chi connectivity index (χ0n) is 14.8. The summed E-state index contributed by atoms with van der Waals surface area (Å²) in [5.41, 5.74) is 2.81. The van der Waals surface area contributed by atoms with Crippen molar-refractivity contribution >= 4 is 47.8 Å². The van der Waals surface area contributed by atoms with Crippen LogP contribution in [0, 0.1) is 0 Å². The van der Waals surface area contributed by atoms with E-state index >= 15 is 0 Å². The summed E-state index contributed by atoms with van der Waals surface area (Å²) >= 11 is 7.96. The Morgan fingerprint density at radius 3 is 2.30 bits per heavy atom. The number of thiophene rings is 1. The molecule has 1 fully saturated rings. The van der Waals surface area contributed by atoms with Crippen LogP contribution >= 0.6 is 47.8 Å². The van der Waals surface area contributed by atoms with E-state index in [4.69, 9.17) is 11.6 Å². The van der Waals surface area contributed by atoms with E-state index in [9.17, 15) is 0 Å². The van der Waals surface area contributed by atoms with Crippen LogP contribution in [0.2, 0.25) is 5.02 Å². The zero-order chi connectivity index (χ0) is 17.1. The minimum absolute atomic E-state index is 0. The molecule has 0 amide bonds. The number of hydrogen-bond acceptors (Lipinski definition) is 3. The van der Waals surface area contributed by atoms with Gasteiger partial charge >= 0.3 is 0 Å². The van der Waals surface area contributed by atoms with E-state index in [1.54, 1.807) is 0 Å². The van der Waals surface area contributed by atoms with E-state index in [1.165, 1.54) is 35.3 Å². The summed E-state index contributed by atoms with van der Waals surface area (Å²) in [5.74, 6) is 0. The van der Waals surface area contributed by atoms with Gasteiger partial charge in [-0.15, -0.1) is 36.2 Å². The molecule has 3 aromatic rings. The molecule has 0 aliphatic heterocycles. The van der Waals surface area contributed by atoms with Crippen LogP contribution in [0.3, 0.4) is 0 Å². The second-order valence-electron chi connectivity index (χ2n) is 6.70. The van der Waals surface area contributed by atoms with Crippen LogP contribution in [0.25, 0.3) is 0 Å². The SMILES string of the molecule is Cl.Cl.Clc1ccc(C2(C(NCc3ccncc3)c3cccs3)CCC2)cc1. The lowest BCUT2D eigenvalue weighted by molar-refractivity contribution is 0.170. The van der Waals surface area contributed by atoms with Crippen molar-refractivity contribution < 1.29 is 0 Å². The predicted molar refractivity (Wildman–Crippen MR) is 120 cm³/mol. The van der Waals surface area contributed by atoms with E-state index < -0.39 is 0 Å². The Bertz CT molecular complexity index is 803. The number of nitrogens with one attached hydrogen (secondary N) is 1. The first-order valence-electron chi connectivity index (χ1n) is 8.70. The molecule has 0 saturated heterocycles. The molecule has 0 bridgehead atoms. The van der Waals surface area contributed by atoms with Crippen molar-refractivity contribution in [2.24, 2.45) is 0 Å². The summed E-state index contributed by atoms with van der Waals surface area (Å²) in [7, 11) is 0. The van der Waals surface area contributed by atoms with Crippen molar-refractivity contribution in [3.8, 4) is 0 Å². The monoisotopic (exact) mass is 440 g/mol. The molecule has 1 aromatic carbocycles. The van der Waals surface area contributed by atoms with Crippen LogP contribution in [0.4, 0.5) is 0 Å². The molecule has 27 heavy (non-hydrogen) atoms. The van der Waals surface area contributed by atoms with Gasteiger partial charge in [0.2, 0.25) is 0 Å². The maximum atomic E-state index is 6.12. The fraction of sp³-hybridized carbons (Fsp3) is 0.286. The van der Waals surface area contributed by atoms with Gasteiger partial charge in [0.1, 0.15) is 0 Å². The first kappa shape index (κ1) is 22.2. The van der Waals surface area contributed by atoms with E-state index in [-0.39, 0.29) is 30.2 Å². The van der Waals surface area contributed by atoms with E-state index in [0.717, 1.165) is 11.6 Å². The minimum Gasteiger partial charge on any atom is -0.304 e. The van der Waals surface area contributed by atoms with Crippen molar-refractivity contribution in [2.45, 2.75) is 37.3 Å². The van der Waals surface area contributed by atoms with Gasteiger partial charge in [-0.05, 0) is 59.7 Å². The highest BCUT2D eigenvalue weighted by Crippen LogP contribution is 2.53. The van der Waals surface area contributed by atoms with Crippen LogP contribution in [-0.4, -0.2) is 4.98 Å². The standard InChI is InChI=1S/C21H21ClN2S.2ClH/c22-18-6-4-17(5-7-18)21(10-2-11-21)20(19-3-1-14-25-19)24-15-16-8-12-23-13-9-16;;/h1,3-9,12-14,20,24H,2,10-11,15H2;2*1H. The highest BCUT2D eigenvalue weighted by Gasteiger charge is 2.46. The Hall–Kier alpha value is -1.10. The summed E-state index contributed by atoms with van der Waals surface area (Å²) in [6.45, 7) is 0.848. The summed E-state index contributed by atoms with van der Waals surface area (Å²) in [4.78, 5) is 5.52. The van der Waals surface area contributed by atoms with E-state index in [0.29, 0.717) is 6.04 Å². The molecule has 0 radical (unpaired) electrons. The molecule has 6 heteroatoms. The van der Waals surface area contributed by atoms with Gasteiger partial charge in [0.15, 0.2) is 0 Å². The molecule has 1 N–H and O–H groups in total. The Kier molecular flexibility index (Phi) is 8.14. The van der Waals surface area contributed by atoms with Crippen LogP contribution in [0.5, 0.6) is 0 Å². The van der Waals surface area contributed by atoms with Gasteiger partial charge in [-0.3, -0.25) is 4.98 Å². The lowest BCUT2D eigenvalue weighted by Crippen LogP contribution is -2.46. The van der Waals surface area contributed by atoms with Crippen LogP contribution in [0.1, 0.15) is 41.3 Å². The maximum Gasteiger partial charge on any atom is 0.0515 e. The molecule has 1 saturated carbocycles. The number of nitrogens with zero attached hydrogens (tertiary/aromatic N) is 1. The fourth-order valence-corrected chi connectivity index (χ4v) is 4.87. The third kappa shape index (κ3) is 4.67. The van der Waals surface area contributed by atoms with Gasteiger partial charge in [0.25, 0.3) is 0 Å². The molecule has 2 nitrogen and oxygen atoms in total. The predicted octanol–water partition coefficient (Wildman–Crippen LogP) is 6.59. The number of hydrogen-bond donors (Lipinski definition) is 1. The molecule has 1 aliphatic carbocycles. The zero-order valence-corrected chi connectivity index (χ0v) is 18.0. The van der Waals surface area contributed by atoms with Crippen molar-refractivity contribution in [1.82, 2.24) is 10.3 Å². The van der Waals surface area contributed by atoms with Crippen molar-refractivity contribution in [1.29, 1.82) is 0 Å². The lowest BCUT2D eigenvalue weighted by atomic mass is 9.59. The quantitative estimate of drug-likeness (QED) is 0.466. The molecule has 4 rings (SSSR count). The highest BCUT2D eigenvalue weighted by molar-refractivity contribution is 7.10. The number of benzene rings is 1. The molecular weight excluding hydrogens is 419 g/mol. The topological polar surface area (TPSA) is 24.9 Å². The molecule has 0 spiro atoms. The molecule has 1 unspecified atom stereocenters. The highest BCUT2D eigenvalue weighted by atomic mass is 35.5. The number of pyridine rings is 1. The van der Waals surface area contributed by atoms with Crippen molar-refractivity contribution in [2.75, 3.05) is 0 Å². The molecule has 1 atom stereocenters. The average Bonchev–Trinajstić information content (AvgIpc) is 3.13. The molecule has 144 valence electrons. The van der Waals surface area contributed by atoms with Gasteiger partial charge in [-0.25, -0.2) is 0 Å². The minimum atomic E-state index is 0. The smallest absolute Gasteiger partial charge is 0.0515 e. The normalized spacial score (nSPS) is 15.7. The fourth-order valence-electron chi connectivity index (χ4n) is 3.83. The Morgan fingerprint density at radius 1 is 1.04 bits per heavy atom. The number of halogens is 3. The van der Waals surface area contributed by atoms with Gasteiger partial charge in [0.05, 0.1) is 6.04 Å². The lowest BCUT2D eigenvalue weighted by Gasteiger charge is -2.48. The van der Waals surface area contributed by atoms with Crippen molar-refractivity contribution in [3.63, 3.8) is 0 Å².